The highest BCUT2D eigenvalue weighted by Gasteiger charge is 2.29. The zero-order valence-corrected chi connectivity index (χ0v) is 14.9. The van der Waals surface area contributed by atoms with Gasteiger partial charge in [-0.25, -0.2) is 4.79 Å². The first-order valence-electron chi connectivity index (χ1n) is 8.45. The summed E-state index contributed by atoms with van der Waals surface area (Å²) >= 11 is 0. The molecule has 1 atom stereocenters. The fourth-order valence-corrected chi connectivity index (χ4v) is 3.34. The van der Waals surface area contributed by atoms with Gasteiger partial charge in [0.15, 0.2) is 11.5 Å². The Hall–Kier alpha value is -2.44. The number of fused-ring (bicyclic) bond motifs is 1. The second kappa shape index (κ2) is 7.21. The third kappa shape index (κ3) is 3.65. The molecule has 2 heterocycles. The van der Waals surface area contributed by atoms with Gasteiger partial charge in [-0.3, -0.25) is 4.79 Å². The molecule has 136 valence electrons. The average Bonchev–Trinajstić information content (AvgIpc) is 2.95. The van der Waals surface area contributed by atoms with E-state index < -0.39 is 0 Å². The van der Waals surface area contributed by atoms with Gasteiger partial charge in [-0.2, -0.15) is 0 Å². The van der Waals surface area contributed by atoms with E-state index in [1.807, 2.05) is 17.0 Å². The van der Waals surface area contributed by atoms with E-state index in [9.17, 15) is 9.59 Å². The number of hydrogen-bond donors (Lipinski definition) is 0. The number of hydrogen-bond acceptors (Lipinski definition) is 5. The Morgan fingerprint density at radius 1 is 1.24 bits per heavy atom. The molecule has 1 fully saturated rings. The van der Waals surface area contributed by atoms with Crippen molar-refractivity contribution in [1.82, 2.24) is 9.80 Å². The van der Waals surface area contributed by atoms with Crippen molar-refractivity contribution in [3.05, 3.63) is 23.3 Å². The van der Waals surface area contributed by atoms with Gasteiger partial charge in [0, 0.05) is 26.6 Å². The lowest BCUT2D eigenvalue weighted by Gasteiger charge is -2.30. The fourth-order valence-electron chi connectivity index (χ4n) is 3.34. The molecule has 7 nitrogen and oxygen atoms in total. The molecule has 0 radical (unpaired) electrons. The van der Waals surface area contributed by atoms with E-state index in [1.54, 1.807) is 21.3 Å². The van der Waals surface area contributed by atoms with Crippen molar-refractivity contribution in [3.8, 4) is 11.5 Å². The number of benzene rings is 1. The summed E-state index contributed by atoms with van der Waals surface area (Å²) in [7, 11) is 4.93. The van der Waals surface area contributed by atoms with Crippen molar-refractivity contribution in [2.45, 2.75) is 31.9 Å². The summed E-state index contributed by atoms with van der Waals surface area (Å²) in [5.41, 5.74) is 2.28. The Labute approximate surface area is 147 Å². The SMILES string of the molecule is COc1cc2c(cc1OC)CN(C(=O)CCC1CN(C)C(=O)O1)CC2. The van der Waals surface area contributed by atoms with Crippen LogP contribution in [0.2, 0.25) is 0 Å². The molecule has 2 aliphatic rings. The minimum absolute atomic E-state index is 0.0889. The number of likely N-dealkylation sites (N-methyl/N-ethyl adjacent to an activating group) is 1. The molecule has 2 amide bonds. The molecule has 1 unspecified atom stereocenters. The van der Waals surface area contributed by atoms with E-state index >= 15 is 0 Å². The molecule has 0 aromatic heterocycles. The first-order chi connectivity index (χ1) is 12.0. The summed E-state index contributed by atoms with van der Waals surface area (Å²) in [6.07, 6.45) is 1.23. The Morgan fingerprint density at radius 2 is 1.92 bits per heavy atom. The van der Waals surface area contributed by atoms with Gasteiger partial charge < -0.3 is 24.0 Å². The maximum atomic E-state index is 12.5. The summed E-state index contributed by atoms with van der Waals surface area (Å²) in [5, 5.41) is 0. The van der Waals surface area contributed by atoms with Gasteiger partial charge in [0.1, 0.15) is 6.10 Å². The number of amides is 2. The molecule has 3 rings (SSSR count). The van der Waals surface area contributed by atoms with E-state index in [-0.39, 0.29) is 18.1 Å². The summed E-state index contributed by atoms with van der Waals surface area (Å²) < 4.78 is 15.9. The van der Waals surface area contributed by atoms with Crippen LogP contribution in [-0.2, 0) is 22.5 Å². The maximum absolute atomic E-state index is 12.5. The Bertz CT molecular complexity index is 676. The van der Waals surface area contributed by atoms with Crippen LogP contribution in [0.25, 0.3) is 0 Å². The molecule has 0 aliphatic carbocycles. The van der Waals surface area contributed by atoms with Crippen molar-refractivity contribution in [1.29, 1.82) is 0 Å². The number of methoxy groups -OCH3 is 2. The highest BCUT2D eigenvalue weighted by molar-refractivity contribution is 5.77. The smallest absolute Gasteiger partial charge is 0.409 e. The third-order valence-corrected chi connectivity index (χ3v) is 4.81. The van der Waals surface area contributed by atoms with Crippen LogP contribution in [0.1, 0.15) is 24.0 Å². The Morgan fingerprint density at radius 3 is 2.52 bits per heavy atom. The van der Waals surface area contributed by atoms with E-state index in [1.165, 1.54) is 10.5 Å². The first-order valence-corrected chi connectivity index (χ1v) is 8.45. The molecule has 7 heteroatoms. The van der Waals surface area contributed by atoms with Gasteiger partial charge in [-0.05, 0) is 36.1 Å². The van der Waals surface area contributed by atoms with Crippen molar-refractivity contribution in [3.63, 3.8) is 0 Å². The number of carbonyl (C=O) groups is 2. The first kappa shape index (κ1) is 17.4. The van der Waals surface area contributed by atoms with Crippen LogP contribution in [0.5, 0.6) is 11.5 Å². The molecule has 2 aliphatic heterocycles. The van der Waals surface area contributed by atoms with Crippen LogP contribution in [0, 0.1) is 0 Å². The van der Waals surface area contributed by atoms with Gasteiger partial charge in [0.05, 0.1) is 20.8 Å². The second-order valence-electron chi connectivity index (χ2n) is 6.47. The average molecular weight is 348 g/mol. The normalized spacial score (nSPS) is 19.5. The quantitative estimate of drug-likeness (QED) is 0.812. The van der Waals surface area contributed by atoms with Crippen molar-refractivity contribution < 1.29 is 23.8 Å². The highest BCUT2D eigenvalue weighted by atomic mass is 16.6. The van der Waals surface area contributed by atoms with E-state index in [0.717, 1.165) is 12.0 Å². The zero-order chi connectivity index (χ0) is 18.0. The van der Waals surface area contributed by atoms with Gasteiger partial charge in [-0.15, -0.1) is 0 Å². The number of ether oxygens (including phenoxy) is 3. The van der Waals surface area contributed by atoms with Crippen LogP contribution in [0.3, 0.4) is 0 Å². The van der Waals surface area contributed by atoms with E-state index in [4.69, 9.17) is 14.2 Å². The van der Waals surface area contributed by atoms with Crippen molar-refractivity contribution >= 4 is 12.0 Å². The number of rotatable bonds is 5. The summed E-state index contributed by atoms with van der Waals surface area (Å²) in [6, 6.07) is 3.94. The van der Waals surface area contributed by atoms with Gasteiger partial charge in [0.25, 0.3) is 0 Å². The number of cyclic esters (lactones) is 1. The topological polar surface area (TPSA) is 68.3 Å². The third-order valence-electron chi connectivity index (χ3n) is 4.81. The molecule has 0 bridgehead atoms. The number of nitrogens with zero attached hydrogens (tertiary/aromatic N) is 2. The predicted octanol–water partition coefficient (Wildman–Crippen LogP) is 1.82. The largest absolute Gasteiger partial charge is 0.493 e. The van der Waals surface area contributed by atoms with Crippen LogP contribution < -0.4 is 9.47 Å². The van der Waals surface area contributed by atoms with Crippen molar-refractivity contribution in [2.24, 2.45) is 0 Å². The summed E-state index contributed by atoms with van der Waals surface area (Å²) in [4.78, 5) is 27.3. The van der Waals surface area contributed by atoms with E-state index in [2.05, 4.69) is 0 Å². The molecule has 1 saturated heterocycles. The van der Waals surface area contributed by atoms with Crippen LogP contribution in [0.15, 0.2) is 12.1 Å². The molecule has 25 heavy (non-hydrogen) atoms. The second-order valence-corrected chi connectivity index (χ2v) is 6.47. The molecular weight excluding hydrogens is 324 g/mol. The van der Waals surface area contributed by atoms with Crippen molar-refractivity contribution in [2.75, 3.05) is 34.4 Å². The Balaban J connectivity index is 1.60. The summed E-state index contributed by atoms with van der Waals surface area (Å²) in [5.74, 6) is 1.48. The van der Waals surface area contributed by atoms with Crippen LogP contribution >= 0.6 is 0 Å². The highest BCUT2D eigenvalue weighted by Crippen LogP contribution is 2.33. The zero-order valence-electron chi connectivity index (χ0n) is 14.9. The molecule has 1 aromatic carbocycles. The van der Waals surface area contributed by atoms with Crippen LogP contribution in [-0.4, -0.2) is 62.3 Å². The minimum atomic E-state index is -0.314. The lowest BCUT2D eigenvalue weighted by Crippen LogP contribution is -2.36. The lowest BCUT2D eigenvalue weighted by molar-refractivity contribution is -0.132. The predicted molar refractivity (Wildman–Crippen MR) is 90.8 cm³/mol. The molecular formula is C18H24N2O5. The lowest BCUT2D eigenvalue weighted by atomic mass is 9.98. The number of carbonyl (C=O) groups excluding carboxylic acids is 2. The standard InChI is InChI=1S/C18H24N2O5/c1-19-11-14(25-18(19)22)4-5-17(21)20-7-6-12-8-15(23-2)16(24-3)9-13(12)10-20/h8-9,14H,4-7,10-11H2,1-3H3. The monoisotopic (exact) mass is 348 g/mol. The Kier molecular flexibility index (Phi) is 5.01. The van der Waals surface area contributed by atoms with Gasteiger partial charge >= 0.3 is 6.09 Å². The molecule has 0 spiro atoms. The van der Waals surface area contributed by atoms with Gasteiger partial charge in [0.2, 0.25) is 5.91 Å². The molecule has 0 saturated carbocycles. The van der Waals surface area contributed by atoms with Gasteiger partial charge in [-0.1, -0.05) is 0 Å². The minimum Gasteiger partial charge on any atom is -0.493 e. The van der Waals surface area contributed by atoms with E-state index in [0.29, 0.717) is 44.0 Å². The fraction of sp³-hybridized carbons (Fsp3) is 0.556. The van der Waals surface area contributed by atoms with Crippen LogP contribution in [0.4, 0.5) is 4.79 Å². The summed E-state index contributed by atoms with van der Waals surface area (Å²) in [6.45, 7) is 1.80. The molecule has 0 N–H and O–H groups in total. The maximum Gasteiger partial charge on any atom is 0.409 e. The molecule has 1 aromatic rings.